The Labute approximate surface area is 189 Å². The third kappa shape index (κ3) is 3.58. The molecule has 160 valence electrons. The lowest BCUT2D eigenvalue weighted by Gasteiger charge is -2.15. The standard InChI is InChI=1S/C28H27N3O/c1-2-3-5-21-8-7-19(17-29)14-26(21)31-27(32)25-16-28(25)12-11-20-9-10-22(15-24(20)28)23-6-4-13-30-18-23/h4,6-10,13-15,18,25H,2-3,5,11-12,16H2,1H3,(H,31,32)/t25-,28-/m0/s1. The average Bonchev–Trinajstić information content (AvgIpc) is 3.47. The van der Waals surface area contributed by atoms with Crippen LogP contribution in [-0.2, 0) is 23.1 Å². The second-order valence-corrected chi connectivity index (χ2v) is 9.10. The normalized spacial score (nSPS) is 20.6. The molecule has 1 saturated carbocycles. The van der Waals surface area contributed by atoms with Crippen molar-refractivity contribution in [2.24, 2.45) is 5.92 Å². The first-order valence-electron chi connectivity index (χ1n) is 11.5. The Hall–Kier alpha value is -3.45. The highest BCUT2D eigenvalue weighted by Crippen LogP contribution is 2.62. The zero-order valence-corrected chi connectivity index (χ0v) is 18.4. The average molecular weight is 422 g/mol. The van der Waals surface area contributed by atoms with Crippen molar-refractivity contribution < 1.29 is 4.79 Å². The van der Waals surface area contributed by atoms with Gasteiger partial charge >= 0.3 is 0 Å². The van der Waals surface area contributed by atoms with Crippen LogP contribution in [0.3, 0.4) is 0 Å². The number of unbranched alkanes of at least 4 members (excludes halogenated alkanes) is 1. The molecule has 1 heterocycles. The van der Waals surface area contributed by atoms with E-state index in [1.54, 1.807) is 6.20 Å². The summed E-state index contributed by atoms with van der Waals surface area (Å²) in [5.41, 5.74) is 7.40. The Morgan fingerprint density at radius 1 is 1.22 bits per heavy atom. The van der Waals surface area contributed by atoms with Crippen molar-refractivity contribution in [3.63, 3.8) is 0 Å². The van der Waals surface area contributed by atoms with E-state index in [4.69, 9.17) is 0 Å². The number of benzene rings is 2. The van der Waals surface area contributed by atoms with E-state index in [1.165, 1.54) is 11.1 Å². The van der Waals surface area contributed by atoms with Gasteiger partial charge in [0, 0.05) is 29.4 Å². The highest BCUT2D eigenvalue weighted by Gasteiger charge is 2.61. The number of hydrogen-bond acceptors (Lipinski definition) is 3. The lowest BCUT2D eigenvalue weighted by Crippen LogP contribution is -2.20. The Morgan fingerprint density at radius 3 is 2.91 bits per heavy atom. The van der Waals surface area contributed by atoms with Gasteiger partial charge in [-0.2, -0.15) is 5.26 Å². The second kappa shape index (κ2) is 8.24. The zero-order chi connectivity index (χ0) is 22.1. The van der Waals surface area contributed by atoms with E-state index in [0.29, 0.717) is 5.56 Å². The van der Waals surface area contributed by atoms with Crippen LogP contribution < -0.4 is 5.32 Å². The van der Waals surface area contributed by atoms with Crippen molar-refractivity contribution in [2.75, 3.05) is 5.32 Å². The summed E-state index contributed by atoms with van der Waals surface area (Å²) in [6, 6.07) is 18.5. The third-order valence-electron chi connectivity index (χ3n) is 7.17. The summed E-state index contributed by atoms with van der Waals surface area (Å²) < 4.78 is 0. The number of nitrogens with one attached hydrogen (secondary N) is 1. The SMILES string of the molecule is CCCCc1ccc(C#N)cc1NC(=O)[C@@H]1C[C@]12CCc1ccc(-c3cccnc3)cc12. The number of fused-ring (bicyclic) bond motifs is 2. The zero-order valence-electron chi connectivity index (χ0n) is 18.4. The number of carbonyl (C=O) groups is 1. The summed E-state index contributed by atoms with van der Waals surface area (Å²) in [6.07, 6.45) is 9.68. The molecule has 1 N–H and O–H groups in total. The summed E-state index contributed by atoms with van der Waals surface area (Å²) in [4.78, 5) is 17.6. The van der Waals surface area contributed by atoms with Crippen LogP contribution in [0.2, 0.25) is 0 Å². The Morgan fingerprint density at radius 2 is 2.12 bits per heavy atom. The molecular formula is C28H27N3O. The molecule has 0 radical (unpaired) electrons. The molecule has 2 aliphatic carbocycles. The van der Waals surface area contributed by atoms with Crippen LogP contribution >= 0.6 is 0 Å². The summed E-state index contributed by atoms with van der Waals surface area (Å²) in [5.74, 6) is 0.0649. The molecule has 1 fully saturated rings. The van der Waals surface area contributed by atoms with Gasteiger partial charge in [-0.3, -0.25) is 9.78 Å². The predicted molar refractivity (Wildman–Crippen MR) is 126 cm³/mol. The molecule has 1 aromatic heterocycles. The maximum Gasteiger partial charge on any atom is 0.228 e. The fourth-order valence-electron chi connectivity index (χ4n) is 5.25. The Bertz CT molecular complexity index is 1210. The minimum atomic E-state index is -0.0476. The summed E-state index contributed by atoms with van der Waals surface area (Å²) >= 11 is 0. The summed E-state index contributed by atoms with van der Waals surface area (Å²) in [5, 5.41) is 12.5. The molecule has 4 nitrogen and oxygen atoms in total. The Balaban J connectivity index is 1.39. The molecule has 2 atom stereocenters. The summed E-state index contributed by atoms with van der Waals surface area (Å²) in [7, 11) is 0. The van der Waals surface area contributed by atoms with Gasteiger partial charge in [0.15, 0.2) is 0 Å². The first kappa shape index (κ1) is 20.5. The fraction of sp³-hybridized carbons (Fsp3) is 0.321. The number of amides is 1. The lowest BCUT2D eigenvalue weighted by molar-refractivity contribution is -0.117. The van der Waals surface area contributed by atoms with Gasteiger partial charge in [0.2, 0.25) is 5.91 Å². The van der Waals surface area contributed by atoms with Crippen molar-refractivity contribution in [1.82, 2.24) is 4.98 Å². The molecule has 2 aliphatic rings. The maximum absolute atomic E-state index is 13.3. The molecule has 32 heavy (non-hydrogen) atoms. The number of nitriles is 1. The van der Waals surface area contributed by atoms with E-state index in [2.05, 4.69) is 47.6 Å². The second-order valence-electron chi connectivity index (χ2n) is 9.10. The number of aromatic nitrogens is 1. The van der Waals surface area contributed by atoms with Gasteiger partial charge in [-0.1, -0.05) is 43.7 Å². The van der Waals surface area contributed by atoms with Crippen LogP contribution in [0.5, 0.6) is 0 Å². The van der Waals surface area contributed by atoms with Crippen molar-refractivity contribution in [2.45, 2.75) is 50.9 Å². The first-order chi connectivity index (χ1) is 15.6. The molecule has 0 bridgehead atoms. The third-order valence-corrected chi connectivity index (χ3v) is 7.17. The van der Waals surface area contributed by atoms with Crippen LogP contribution in [0.15, 0.2) is 60.9 Å². The van der Waals surface area contributed by atoms with E-state index >= 15 is 0 Å². The van der Waals surface area contributed by atoms with E-state index in [0.717, 1.165) is 60.9 Å². The molecule has 0 unspecified atom stereocenters. The molecule has 5 rings (SSSR count). The number of hydrogen-bond donors (Lipinski definition) is 1. The molecule has 0 aliphatic heterocycles. The number of anilines is 1. The van der Waals surface area contributed by atoms with E-state index in [9.17, 15) is 10.1 Å². The van der Waals surface area contributed by atoms with Crippen LogP contribution in [0.4, 0.5) is 5.69 Å². The highest BCUT2D eigenvalue weighted by atomic mass is 16.2. The largest absolute Gasteiger partial charge is 0.326 e. The van der Waals surface area contributed by atoms with Crippen LogP contribution in [0.1, 0.15) is 54.9 Å². The van der Waals surface area contributed by atoms with Gasteiger partial charge in [0.1, 0.15) is 0 Å². The monoisotopic (exact) mass is 421 g/mol. The van der Waals surface area contributed by atoms with Crippen molar-refractivity contribution >= 4 is 11.6 Å². The molecule has 2 aromatic carbocycles. The van der Waals surface area contributed by atoms with Crippen LogP contribution in [0.25, 0.3) is 11.1 Å². The van der Waals surface area contributed by atoms with E-state index in [-0.39, 0.29) is 17.2 Å². The van der Waals surface area contributed by atoms with Gasteiger partial charge in [-0.15, -0.1) is 0 Å². The molecule has 1 spiro atoms. The van der Waals surface area contributed by atoms with Crippen molar-refractivity contribution in [3.05, 3.63) is 83.2 Å². The fourth-order valence-corrected chi connectivity index (χ4v) is 5.25. The van der Waals surface area contributed by atoms with Gasteiger partial charge in [0.25, 0.3) is 0 Å². The highest BCUT2D eigenvalue weighted by molar-refractivity contribution is 5.97. The molecule has 1 amide bonds. The van der Waals surface area contributed by atoms with Gasteiger partial charge in [0.05, 0.1) is 11.6 Å². The minimum Gasteiger partial charge on any atom is -0.326 e. The molecule has 3 aromatic rings. The number of nitrogens with zero attached hydrogens (tertiary/aromatic N) is 2. The summed E-state index contributed by atoms with van der Waals surface area (Å²) in [6.45, 7) is 2.16. The quantitative estimate of drug-likeness (QED) is 0.546. The Kier molecular flexibility index (Phi) is 5.27. The molecule has 0 saturated heterocycles. The topological polar surface area (TPSA) is 65.8 Å². The van der Waals surface area contributed by atoms with Gasteiger partial charge in [-0.25, -0.2) is 0 Å². The van der Waals surface area contributed by atoms with E-state index < -0.39 is 0 Å². The van der Waals surface area contributed by atoms with Crippen molar-refractivity contribution in [1.29, 1.82) is 5.26 Å². The van der Waals surface area contributed by atoms with Crippen LogP contribution in [-0.4, -0.2) is 10.9 Å². The van der Waals surface area contributed by atoms with Crippen molar-refractivity contribution in [3.8, 4) is 17.2 Å². The molecule has 4 heteroatoms. The number of pyridine rings is 1. The number of rotatable bonds is 6. The van der Waals surface area contributed by atoms with Gasteiger partial charge in [-0.05, 0) is 78.1 Å². The minimum absolute atomic E-state index is 0.0161. The van der Waals surface area contributed by atoms with Gasteiger partial charge < -0.3 is 5.32 Å². The van der Waals surface area contributed by atoms with Crippen LogP contribution in [0, 0.1) is 17.2 Å². The molecular weight excluding hydrogens is 394 g/mol. The lowest BCUT2D eigenvalue weighted by atomic mass is 9.92. The predicted octanol–water partition coefficient (Wildman–Crippen LogP) is 5.81. The smallest absolute Gasteiger partial charge is 0.228 e. The first-order valence-corrected chi connectivity index (χ1v) is 11.5. The number of aryl methyl sites for hydroxylation is 2. The maximum atomic E-state index is 13.3. The number of carbonyl (C=O) groups excluding carboxylic acids is 1. The van der Waals surface area contributed by atoms with E-state index in [1.807, 2.05) is 30.5 Å².